The minimum Gasteiger partial charge on any atom is -0.393 e. The van der Waals surface area contributed by atoms with Crippen LogP contribution in [0.15, 0.2) is 36.7 Å². The van der Waals surface area contributed by atoms with Crippen LogP contribution in [0.3, 0.4) is 0 Å². The molecule has 36 heavy (non-hydrogen) atoms. The van der Waals surface area contributed by atoms with Gasteiger partial charge in [-0.25, -0.2) is 4.98 Å². The van der Waals surface area contributed by atoms with Crippen LogP contribution in [0.25, 0.3) is 22.2 Å². The van der Waals surface area contributed by atoms with Crippen LogP contribution < -0.4 is 10.6 Å². The van der Waals surface area contributed by atoms with Gasteiger partial charge in [-0.15, -0.1) is 0 Å². The smallest absolute Gasteiger partial charge is 0.224 e. The van der Waals surface area contributed by atoms with Gasteiger partial charge in [-0.1, -0.05) is 51.0 Å². The number of hydrogen-bond donors (Lipinski definition) is 3. The van der Waals surface area contributed by atoms with Crippen LogP contribution in [-0.4, -0.2) is 63.4 Å². The van der Waals surface area contributed by atoms with E-state index in [4.69, 9.17) is 9.97 Å². The van der Waals surface area contributed by atoms with Gasteiger partial charge < -0.3 is 20.3 Å². The summed E-state index contributed by atoms with van der Waals surface area (Å²) in [6.07, 6.45) is 10.1. The zero-order chi connectivity index (χ0) is 24.9. The van der Waals surface area contributed by atoms with Crippen molar-refractivity contribution in [3.63, 3.8) is 0 Å². The second-order valence-electron chi connectivity index (χ2n) is 10.6. The van der Waals surface area contributed by atoms with Crippen LogP contribution in [0.4, 0.5) is 5.95 Å². The molecule has 0 atom stereocenters. The summed E-state index contributed by atoms with van der Waals surface area (Å²) in [6, 6.07) is 9.40. The van der Waals surface area contributed by atoms with E-state index in [-0.39, 0.29) is 6.10 Å². The number of fused-ring (bicyclic) bond motifs is 1. The monoisotopic (exact) mass is 490 g/mol. The first-order valence-electron chi connectivity index (χ1n) is 14.0. The number of nitrogens with zero attached hydrogens (tertiary/aromatic N) is 4. The van der Waals surface area contributed by atoms with E-state index in [1.165, 1.54) is 16.7 Å². The van der Waals surface area contributed by atoms with E-state index in [1.54, 1.807) is 0 Å². The lowest BCUT2D eigenvalue weighted by atomic mass is 9.93. The van der Waals surface area contributed by atoms with Crippen molar-refractivity contribution in [2.45, 2.75) is 71.1 Å². The minimum absolute atomic E-state index is 0.169. The van der Waals surface area contributed by atoms with E-state index in [0.29, 0.717) is 17.9 Å². The number of hydrogen-bond acceptors (Lipinski definition) is 6. The molecule has 2 aromatic heterocycles. The molecule has 1 saturated heterocycles. The predicted octanol–water partition coefficient (Wildman–Crippen LogP) is 4.83. The maximum Gasteiger partial charge on any atom is 0.224 e. The molecule has 3 N–H and O–H groups in total. The maximum atomic E-state index is 10.1. The Balaban J connectivity index is 1.43. The Kier molecular flexibility index (Phi) is 8.19. The molecule has 5 rings (SSSR count). The quantitative estimate of drug-likeness (QED) is 0.399. The van der Waals surface area contributed by atoms with Gasteiger partial charge in [0.15, 0.2) is 0 Å². The first-order chi connectivity index (χ1) is 17.6. The van der Waals surface area contributed by atoms with Crippen LogP contribution >= 0.6 is 0 Å². The lowest BCUT2D eigenvalue weighted by Crippen LogP contribution is -2.42. The first-order valence-corrected chi connectivity index (χ1v) is 14.0. The van der Waals surface area contributed by atoms with Crippen LogP contribution in [0.5, 0.6) is 0 Å². The van der Waals surface area contributed by atoms with Crippen molar-refractivity contribution in [1.82, 2.24) is 24.8 Å². The number of piperazine rings is 1. The third kappa shape index (κ3) is 5.74. The fraction of sp³-hybridized carbons (Fsp3) is 0.586. The van der Waals surface area contributed by atoms with Crippen LogP contribution in [0, 0.1) is 5.92 Å². The highest BCUT2D eigenvalue weighted by molar-refractivity contribution is 5.94. The average Bonchev–Trinajstić information content (AvgIpc) is 3.30. The number of anilines is 1. The molecular weight excluding hydrogens is 448 g/mol. The summed E-state index contributed by atoms with van der Waals surface area (Å²) < 4.78 is 2.36. The number of benzene rings is 1. The second kappa shape index (κ2) is 11.7. The number of aliphatic hydroxyl groups is 1. The van der Waals surface area contributed by atoms with Gasteiger partial charge in [0.2, 0.25) is 5.95 Å². The van der Waals surface area contributed by atoms with Gasteiger partial charge in [-0.2, -0.15) is 4.98 Å². The van der Waals surface area contributed by atoms with E-state index in [0.717, 1.165) is 88.8 Å². The summed E-state index contributed by atoms with van der Waals surface area (Å²) in [5.74, 6) is 1.34. The molecule has 7 nitrogen and oxygen atoms in total. The van der Waals surface area contributed by atoms with Crippen molar-refractivity contribution in [1.29, 1.82) is 0 Å². The van der Waals surface area contributed by atoms with Crippen LogP contribution in [0.2, 0.25) is 0 Å². The molecule has 1 aliphatic heterocycles. The molecule has 0 spiro atoms. The Morgan fingerprint density at radius 1 is 1.06 bits per heavy atom. The van der Waals surface area contributed by atoms with Gasteiger partial charge in [-0.3, -0.25) is 4.90 Å². The molecule has 1 saturated carbocycles. The second-order valence-corrected chi connectivity index (χ2v) is 10.6. The standard InChI is InChI=1S/C29H42N6O/c1-3-21(4-2)17-31-29-32-18-26-27(20-35(28(26)33-29)24-9-11-25(36)12-10-24)23-7-5-22(6-8-23)19-34-15-13-30-14-16-34/h5-8,18,20-21,24-25,30,36H,3-4,9-17,19H2,1-2H3,(H,31,32,33). The van der Waals surface area contributed by atoms with Gasteiger partial charge in [0.1, 0.15) is 5.65 Å². The normalized spacial score (nSPS) is 21.3. The van der Waals surface area contributed by atoms with E-state index >= 15 is 0 Å². The van der Waals surface area contributed by atoms with Gasteiger partial charge >= 0.3 is 0 Å². The molecule has 7 heteroatoms. The Morgan fingerprint density at radius 3 is 2.47 bits per heavy atom. The van der Waals surface area contributed by atoms with Gasteiger partial charge in [0.05, 0.1) is 6.10 Å². The molecule has 3 aromatic rings. The summed E-state index contributed by atoms with van der Waals surface area (Å²) >= 11 is 0. The summed E-state index contributed by atoms with van der Waals surface area (Å²) in [5, 5.41) is 18.1. The van der Waals surface area contributed by atoms with E-state index < -0.39 is 0 Å². The molecule has 0 unspecified atom stereocenters. The Labute approximate surface area is 215 Å². The topological polar surface area (TPSA) is 78.2 Å². The SMILES string of the molecule is CCC(CC)CNc1ncc2c(-c3ccc(CN4CCNCC4)cc3)cn(C3CCC(O)CC3)c2n1. The third-order valence-corrected chi connectivity index (χ3v) is 8.22. The van der Waals surface area contributed by atoms with Crippen molar-refractivity contribution in [2.75, 3.05) is 38.0 Å². The molecule has 2 aliphatic rings. The summed E-state index contributed by atoms with van der Waals surface area (Å²) in [5.41, 5.74) is 4.75. The molecule has 1 aromatic carbocycles. The van der Waals surface area contributed by atoms with Crippen molar-refractivity contribution < 1.29 is 5.11 Å². The van der Waals surface area contributed by atoms with Gasteiger partial charge in [-0.05, 0) is 42.7 Å². The van der Waals surface area contributed by atoms with Crippen LogP contribution in [0.1, 0.15) is 64.0 Å². The molecule has 0 amide bonds. The highest BCUT2D eigenvalue weighted by atomic mass is 16.3. The van der Waals surface area contributed by atoms with Gasteiger partial charge in [0.25, 0.3) is 0 Å². The van der Waals surface area contributed by atoms with Crippen molar-refractivity contribution >= 4 is 17.0 Å². The first kappa shape index (κ1) is 25.2. The van der Waals surface area contributed by atoms with E-state index in [1.807, 2.05) is 6.20 Å². The van der Waals surface area contributed by atoms with E-state index in [2.05, 4.69) is 64.4 Å². The Bertz CT molecular complexity index is 1110. The zero-order valence-corrected chi connectivity index (χ0v) is 21.9. The number of aromatic nitrogens is 3. The lowest BCUT2D eigenvalue weighted by Gasteiger charge is -2.27. The molecule has 3 heterocycles. The molecule has 2 fully saturated rings. The van der Waals surface area contributed by atoms with Crippen LogP contribution in [-0.2, 0) is 6.54 Å². The number of rotatable bonds is 9. The maximum absolute atomic E-state index is 10.1. The molecule has 1 aliphatic carbocycles. The Hall–Kier alpha value is -2.48. The fourth-order valence-corrected chi connectivity index (χ4v) is 5.69. The summed E-state index contributed by atoms with van der Waals surface area (Å²) in [6.45, 7) is 10.7. The Morgan fingerprint density at radius 2 is 1.78 bits per heavy atom. The predicted molar refractivity (Wildman–Crippen MR) is 147 cm³/mol. The van der Waals surface area contributed by atoms with Gasteiger partial charge in [0, 0.05) is 68.7 Å². The van der Waals surface area contributed by atoms with E-state index in [9.17, 15) is 5.11 Å². The minimum atomic E-state index is -0.169. The highest BCUT2D eigenvalue weighted by Crippen LogP contribution is 2.36. The third-order valence-electron chi connectivity index (χ3n) is 8.22. The molecule has 194 valence electrons. The summed E-state index contributed by atoms with van der Waals surface area (Å²) in [7, 11) is 0. The molecular formula is C29H42N6O. The number of aliphatic hydroxyl groups excluding tert-OH is 1. The lowest BCUT2D eigenvalue weighted by molar-refractivity contribution is 0.111. The average molecular weight is 491 g/mol. The molecule has 0 radical (unpaired) electrons. The summed E-state index contributed by atoms with van der Waals surface area (Å²) in [4.78, 5) is 12.2. The van der Waals surface area contributed by atoms with Crippen molar-refractivity contribution in [2.24, 2.45) is 5.92 Å². The largest absolute Gasteiger partial charge is 0.393 e. The number of nitrogens with one attached hydrogen (secondary N) is 2. The zero-order valence-electron chi connectivity index (χ0n) is 21.9. The molecule has 0 bridgehead atoms. The van der Waals surface area contributed by atoms with Crippen molar-refractivity contribution in [3.8, 4) is 11.1 Å². The fourth-order valence-electron chi connectivity index (χ4n) is 5.69. The highest BCUT2D eigenvalue weighted by Gasteiger charge is 2.24. The van der Waals surface area contributed by atoms with Crippen molar-refractivity contribution in [3.05, 3.63) is 42.2 Å².